The number of hydrogen-bond acceptors (Lipinski definition) is 1. The van der Waals surface area contributed by atoms with Gasteiger partial charge in [0.2, 0.25) is 5.91 Å². The molecule has 1 unspecified atom stereocenters. The Bertz CT molecular complexity index is 91.3. The minimum absolute atomic E-state index is 0. The van der Waals surface area contributed by atoms with Crippen LogP contribution >= 0.6 is 0 Å². The maximum atomic E-state index is 10.5. The van der Waals surface area contributed by atoms with E-state index in [4.69, 9.17) is 0 Å². The summed E-state index contributed by atoms with van der Waals surface area (Å²) in [4.78, 5) is 10.5. The van der Waals surface area contributed by atoms with Gasteiger partial charge in [0, 0.05) is 12.5 Å². The van der Waals surface area contributed by atoms with Crippen molar-refractivity contribution in [3.8, 4) is 0 Å². The van der Waals surface area contributed by atoms with Gasteiger partial charge in [0.25, 0.3) is 0 Å². The molecule has 1 aliphatic rings. The van der Waals surface area contributed by atoms with Gasteiger partial charge in [0.15, 0.2) is 0 Å². The summed E-state index contributed by atoms with van der Waals surface area (Å²) in [5.41, 5.74) is 0. The number of amides is 1. The normalized spacial score (nSPS) is 21.9. The second kappa shape index (κ2) is 6.59. The minimum Gasteiger partial charge on any atom is -0.356 e. The summed E-state index contributed by atoms with van der Waals surface area (Å²) in [5.74, 6) is 0.472. The van der Waals surface area contributed by atoms with Crippen LogP contribution in [0.5, 0.6) is 0 Å². The molecule has 1 fully saturated rings. The molecule has 0 aromatic carbocycles. The first-order chi connectivity index (χ1) is 4.30. The van der Waals surface area contributed by atoms with Crippen molar-refractivity contribution in [2.75, 3.05) is 6.54 Å². The van der Waals surface area contributed by atoms with E-state index in [0.717, 1.165) is 13.0 Å². The lowest BCUT2D eigenvalue weighted by atomic mass is 10.1. The standard InChI is InChI=1S/C5H9NO.C2H6.CH4/c1-4-2-3-6-5(4)7;1-2;/h4H,2-3H2,1H3,(H,6,7);1-2H3;1H4. The van der Waals surface area contributed by atoms with Gasteiger partial charge in [0.1, 0.15) is 0 Å². The lowest BCUT2D eigenvalue weighted by Gasteiger charge is -1.90. The average molecular weight is 145 g/mol. The topological polar surface area (TPSA) is 29.1 Å². The van der Waals surface area contributed by atoms with E-state index in [-0.39, 0.29) is 19.3 Å². The van der Waals surface area contributed by atoms with Crippen LogP contribution in [0.25, 0.3) is 0 Å². The van der Waals surface area contributed by atoms with Gasteiger partial charge in [-0.15, -0.1) is 0 Å². The van der Waals surface area contributed by atoms with E-state index in [2.05, 4.69) is 5.32 Å². The predicted molar refractivity (Wildman–Crippen MR) is 44.9 cm³/mol. The Morgan fingerprint density at radius 1 is 1.50 bits per heavy atom. The zero-order chi connectivity index (χ0) is 7.28. The van der Waals surface area contributed by atoms with Crippen LogP contribution in [-0.2, 0) is 4.79 Å². The summed E-state index contributed by atoms with van der Waals surface area (Å²) in [6, 6.07) is 0. The van der Waals surface area contributed by atoms with Gasteiger partial charge in [-0.05, 0) is 6.42 Å². The number of carbonyl (C=O) groups is 1. The second-order valence-corrected chi connectivity index (χ2v) is 1.98. The summed E-state index contributed by atoms with van der Waals surface area (Å²) in [6.07, 6.45) is 1.01. The first-order valence-electron chi connectivity index (χ1n) is 3.58. The quantitative estimate of drug-likeness (QED) is 0.553. The number of hydrogen-bond donors (Lipinski definition) is 1. The second-order valence-electron chi connectivity index (χ2n) is 1.98. The molecule has 0 aromatic heterocycles. The van der Waals surface area contributed by atoms with Gasteiger partial charge in [-0.2, -0.15) is 0 Å². The maximum absolute atomic E-state index is 10.5. The highest BCUT2D eigenvalue weighted by Gasteiger charge is 2.17. The largest absolute Gasteiger partial charge is 0.356 e. The van der Waals surface area contributed by atoms with Crippen LogP contribution in [0, 0.1) is 5.92 Å². The zero-order valence-corrected chi connectivity index (χ0v) is 6.40. The smallest absolute Gasteiger partial charge is 0.222 e. The summed E-state index contributed by atoms with van der Waals surface area (Å²) in [6.45, 7) is 6.82. The molecule has 0 saturated carbocycles. The molecular formula is C8H19NO. The average Bonchev–Trinajstić information content (AvgIpc) is 2.23. The number of nitrogens with one attached hydrogen (secondary N) is 1. The molecule has 0 aromatic rings. The van der Waals surface area contributed by atoms with E-state index in [9.17, 15) is 4.79 Å². The minimum atomic E-state index is 0. The lowest BCUT2D eigenvalue weighted by Crippen LogP contribution is -2.16. The Balaban J connectivity index is 0. The fourth-order valence-corrected chi connectivity index (χ4v) is 0.717. The fraction of sp³-hybridized carbons (Fsp3) is 0.875. The molecule has 1 N–H and O–H groups in total. The molecule has 0 bridgehead atoms. The van der Waals surface area contributed by atoms with E-state index < -0.39 is 0 Å². The van der Waals surface area contributed by atoms with Gasteiger partial charge in [-0.25, -0.2) is 0 Å². The van der Waals surface area contributed by atoms with Crippen LogP contribution in [0.2, 0.25) is 0 Å². The van der Waals surface area contributed by atoms with Gasteiger partial charge in [0.05, 0.1) is 0 Å². The summed E-state index contributed by atoms with van der Waals surface area (Å²) in [5, 5.41) is 2.73. The molecule has 1 rings (SSSR count). The van der Waals surface area contributed by atoms with Gasteiger partial charge in [-0.3, -0.25) is 4.79 Å². The van der Waals surface area contributed by atoms with E-state index in [0.29, 0.717) is 0 Å². The molecule has 1 amide bonds. The van der Waals surface area contributed by atoms with Gasteiger partial charge >= 0.3 is 0 Å². The molecule has 1 saturated heterocycles. The molecule has 0 spiro atoms. The zero-order valence-electron chi connectivity index (χ0n) is 6.40. The molecule has 0 radical (unpaired) electrons. The summed E-state index contributed by atoms with van der Waals surface area (Å²) in [7, 11) is 0. The first-order valence-corrected chi connectivity index (χ1v) is 3.58. The fourth-order valence-electron chi connectivity index (χ4n) is 0.717. The third-order valence-electron chi connectivity index (χ3n) is 1.32. The summed E-state index contributed by atoms with van der Waals surface area (Å²) >= 11 is 0. The van der Waals surface area contributed by atoms with E-state index >= 15 is 0 Å². The first kappa shape index (κ1) is 12.2. The molecule has 62 valence electrons. The van der Waals surface area contributed by atoms with Crippen LogP contribution in [-0.4, -0.2) is 12.5 Å². The third kappa shape index (κ3) is 3.49. The molecular weight excluding hydrogens is 126 g/mol. The van der Waals surface area contributed by atoms with E-state index in [1.54, 1.807) is 0 Å². The van der Waals surface area contributed by atoms with Gasteiger partial charge < -0.3 is 5.32 Å². The highest BCUT2D eigenvalue weighted by Crippen LogP contribution is 2.05. The maximum Gasteiger partial charge on any atom is 0.222 e. The Hall–Kier alpha value is -0.530. The molecule has 1 aliphatic heterocycles. The lowest BCUT2D eigenvalue weighted by molar-refractivity contribution is -0.121. The van der Waals surface area contributed by atoms with Crippen LogP contribution in [0.3, 0.4) is 0 Å². The van der Waals surface area contributed by atoms with Crippen molar-refractivity contribution in [3.05, 3.63) is 0 Å². The van der Waals surface area contributed by atoms with Crippen LogP contribution in [0.1, 0.15) is 34.6 Å². The monoisotopic (exact) mass is 145 g/mol. The molecule has 2 heteroatoms. The van der Waals surface area contributed by atoms with Crippen molar-refractivity contribution in [1.29, 1.82) is 0 Å². The third-order valence-corrected chi connectivity index (χ3v) is 1.32. The molecule has 1 heterocycles. The Morgan fingerprint density at radius 2 is 2.00 bits per heavy atom. The van der Waals surface area contributed by atoms with Crippen molar-refractivity contribution >= 4 is 5.91 Å². The van der Waals surface area contributed by atoms with E-state index in [1.807, 2.05) is 20.8 Å². The van der Waals surface area contributed by atoms with Crippen molar-refractivity contribution in [1.82, 2.24) is 5.32 Å². The van der Waals surface area contributed by atoms with E-state index in [1.165, 1.54) is 0 Å². The highest BCUT2D eigenvalue weighted by molar-refractivity contribution is 5.80. The predicted octanol–water partition coefficient (Wildman–Crippen LogP) is 1.80. The van der Waals surface area contributed by atoms with Crippen molar-refractivity contribution < 1.29 is 4.79 Å². The highest BCUT2D eigenvalue weighted by atomic mass is 16.2. The Morgan fingerprint density at radius 3 is 2.10 bits per heavy atom. The number of rotatable bonds is 0. The molecule has 10 heavy (non-hydrogen) atoms. The van der Waals surface area contributed by atoms with Crippen molar-refractivity contribution in [3.63, 3.8) is 0 Å². The molecule has 1 atom stereocenters. The number of carbonyl (C=O) groups excluding carboxylic acids is 1. The van der Waals surface area contributed by atoms with Crippen LogP contribution < -0.4 is 5.32 Å². The summed E-state index contributed by atoms with van der Waals surface area (Å²) < 4.78 is 0. The molecule has 0 aliphatic carbocycles. The van der Waals surface area contributed by atoms with Crippen molar-refractivity contribution in [2.45, 2.75) is 34.6 Å². The SMILES string of the molecule is C.CC.CC1CCNC1=O. The molecule has 2 nitrogen and oxygen atoms in total. The van der Waals surface area contributed by atoms with Crippen LogP contribution in [0.15, 0.2) is 0 Å². The Kier molecular flexibility index (Phi) is 8.02. The van der Waals surface area contributed by atoms with Gasteiger partial charge in [-0.1, -0.05) is 28.2 Å². The van der Waals surface area contributed by atoms with Crippen LogP contribution in [0.4, 0.5) is 0 Å². The Labute approximate surface area is 64.0 Å². The van der Waals surface area contributed by atoms with Crippen molar-refractivity contribution in [2.24, 2.45) is 5.92 Å².